The number of imide groups is 1. The zero-order valence-corrected chi connectivity index (χ0v) is 10.3. The highest BCUT2D eigenvalue weighted by Crippen LogP contribution is 2.04. The number of carbonyl (C=O) groups excluding carboxylic acids is 2. The van der Waals surface area contributed by atoms with Crippen LogP contribution in [0.4, 0.5) is 4.79 Å². The molecule has 0 atom stereocenters. The fourth-order valence-corrected chi connectivity index (χ4v) is 1.22. The first-order chi connectivity index (χ1) is 8.13. The third-order valence-electron chi connectivity index (χ3n) is 2.03. The van der Waals surface area contributed by atoms with Gasteiger partial charge in [-0.05, 0) is 18.6 Å². The first-order valence-electron chi connectivity index (χ1n) is 5.34. The van der Waals surface area contributed by atoms with Gasteiger partial charge in [0, 0.05) is 12.7 Å². The Labute approximate surface area is 105 Å². The van der Waals surface area contributed by atoms with Crippen molar-refractivity contribution >= 4 is 23.5 Å². The number of halogens is 1. The second-order valence-electron chi connectivity index (χ2n) is 3.43. The fourth-order valence-electron chi connectivity index (χ4n) is 1.11. The Morgan fingerprint density at radius 2 is 2.18 bits per heavy atom. The number of hydrogen-bond acceptors (Lipinski definition) is 3. The SMILES string of the molecule is CCCCNC(=O)NC(=O)c1ccc(Cl)nc1. The van der Waals surface area contributed by atoms with E-state index < -0.39 is 11.9 Å². The minimum Gasteiger partial charge on any atom is -0.338 e. The van der Waals surface area contributed by atoms with Gasteiger partial charge < -0.3 is 5.32 Å². The van der Waals surface area contributed by atoms with Crippen molar-refractivity contribution in [1.29, 1.82) is 0 Å². The smallest absolute Gasteiger partial charge is 0.321 e. The Morgan fingerprint density at radius 3 is 2.76 bits per heavy atom. The van der Waals surface area contributed by atoms with Crippen LogP contribution in [0.2, 0.25) is 5.15 Å². The van der Waals surface area contributed by atoms with Gasteiger partial charge in [0.05, 0.1) is 5.56 Å². The lowest BCUT2D eigenvalue weighted by atomic mass is 10.3. The van der Waals surface area contributed by atoms with Crippen LogP contribution in [0.15, 0.2) is 18.3 Å². The minimum atomic E-state index is -0.501. The standard InChI is InChI=1S/C11H14ClN3O2/c1-2-3-6-13-11(17)15-10(16)8-4-5-9(12)14-7-8/h4-5,7H,2-3,6H2,1H3,(H2,13,15,16,17). The number of hydrogen-bond donors (Lipinski definition) is 2. The van der Waals surface area contributed by atoms with Crippen molar-refractivity contribution in [3.63, 3.8) is 0 Å². The topological polar surface area (TPSA) is 71.1 Å². The molecular formula is C11H14ClN3O2. The van der Waals surface area contributed by atoms with Crippen molar-refractivity contribution in [2.75, 3.05) is 6.54 Å². The second-order valence-corrected chi connectivity index (χ2v) is 3.82. The average Bonchev–Trinajstić information content (AvgIpc) is 2.30. The van der Waals surface area contributed by atoms with E-state index in [1.54, 1.807) is 0 Å². The molecule has 0 spiro atoms. The molecule has 1 rings (SSSR count). The predicted molar refractivity (Wildman–Crippen MR) is 65.0 cm³/mol. The molecule has 0 bridgehead atoms. The number of urea groups is 1. The first-order valence-corrected chi connectivity index (χ1v) is 5.72. The maximum Gasteiger partial charge on any atom is 0.321 e. The molecule has 1 aromatic rings. The Bertz CT molecular complexity index is 392. The molecule has 0 saturated heterocycles. The molecule has 6 heteroatoms. The van der Waals surface area contributed by atoms with Gasteiger partial charge in [-0.25, -0.2) is 9.78 Å². The summed E-state index contributed by atoms with van der Waals surface area (Å²) in [6.45, 7) is 2.57. The number of nitrogens with one attached hydrogen (secondary N) is 2. The number of rotatable bonds is 4. The summed E-state index contributed by atoms with van der Waals surface area (Å²) in [6, 6.07) is 2.49. The van der Waals surface area contributed by atoms with Gasteiger partial charge in [0.25, 0.3) is 5.91 Å². The molecule has 0 unspecified atom stereocenters. The van der Waals surface area contributed by atoms with E-state index in [1.165, 1.54) is 18.3 Å². The number of aromatic nitrogens is 1. The molecule has 0 aliphatic carbocycles. The molecule has 0 aliphatic heterocycles. The summed E-state index contributed by atoms with van der Waals surface area (Å²) in [5, 5.41) is 5.08. The number of amides is 3. The zero-order valence-electron chi connectivity index (χ0n) is 9.50. The van der Waals surface area contributed by atoms with E-state index in [9.17, 15) is 9.59 Å². The van der Waals surface area contributed by atoms with Gasteiger partial charge in [-0.1, -0.05) is 24.9 Å². The van der Waals surface area contributed by atoms with E-state index in [0.717, 1.165) is 12.8 Å². The van der Waals surface area contributed by atoms with E-state index >= 15 is 0 Å². The molecule has 0 saturated carbocycles. The Kier molecular flexibility index (Phi) is 5.42. The van der Waals surface area contributed by atoms with Crippen molar-refractivity contribution in [3.05, 3.63) is 29.0 Å². The van der Waals surface area contributed by atoms with E-state index in [-0.39, 0.29) is 0 Å². The third kappa shape index (κ3) is 4.82. The van der Waals surface area contributed by atoms with Crippen LogP contribution < -0.4 is 10.6 Å². The van der Waals surface area contributed by atoms with Crippen LogP contribution in [-0.4, -0.2) is 23.5 Å². The largest absolute Gasteiger partial charge is 0.338 e. The number of unbranched alkanes of at least 4 members (excludes halogenated alkanes) is 1. The van der Waals surface area contributed by atoms with Crippen LogP contribution >= 0.6 is 11.6 Å². The lowest BCUT2D eigenvalue weighted by Gasteiger charge is -2.05. The normalized spacial score (nSPS) is 9.76. The average molecular weight is 256 g/mol. The van der Waals surface area contributed by atoms with Crippen LogP contribution in [0, 0.1) is 0 Å². The molecule has 2 N–H and O–H groups in total. The van der Waals surface area contributed by atoms with Crippen LogP contribution in [0.1, 0.15) is 30.1 Å². The van der Waals surface area contributed by atoms with Crippen molar-refractivity contribution in [2.45, 2.75) is 19.8 Å². The fraction of sp³-hybridized carbons (Fsp3) is 0.364. The highest BCUT2D eigenvalue weighted by molar-refractivity contribution is 6.29. The summed E-state index contributed by atoms with van der Waals surface area (Å²) in [5.74, 6) is -0.497. The quantitative estimate of drug-likeness (QED) is 0.638. The maximum atomic E-state index is 11.5. The number of nitrogens with zero attached hydrogens (tertiary/aromatic N) is 1. The van der Waals surface area contributed by atoms with Crippen LogP contribution in [0.25, 0.3) is 0 Å². The van der Waals surface area contributed by atoms with E-state index in [2.05, 4.69) is 15.6 Å². The monoisotopic (exact) mass is 255 g/mol. The third-order valence-corrected chi connectivity index (χ3v) is 2.26. The van der Waals surface area contributed by atoms with Crippen LogP contribution in [0.3, 0.4) is 0 Å². The van der Waals surface area contributed by atoms with E-state index in [4.69, 9.17) is 11.6 Å². The molecule has 17 heavy (non-hydrogen) atoms. The summed E-state index contributed by atoms with van der Waals surface area (Å²) in [5.41, 5.74) is 0.292. The number of pyridine rings is 1. The summed E-state index contributed by atoms with van der Waals surface area (Å²) in [6.07, 6.45) is 3.18. The summed E-state index contributed by atoms with van der Waals surface area (Å²) in [4.78, 5) is 26.6. The summed E-state index contributed by atoms with van der Waals surface area (Å²) < 4.78 is 0. The minimum absolute atomic E-state index is 0.292. The molecule has 5 nitrogen and oxygen atoms in total. The van der Waals surface area contributed by atoms with E-state index in [1.807, 2.05) is 6.92 Å². The zero-order chi connectivity index (χ0) is 12.7. The van der Waals surface area contributed by atoms with Gasteiger partial charge >= 0.3 is 6.03 Å². The van der Waals surface area contributed by atoms with Crippen molar-refractivity contribution in [1.82, 2.24) is 15.6 Å². The maximum absolute atomic E-state index is 11.5. The molecular weight excluding hydrogens is 242 g/mol. The second kappa shape index (κ2) is 6.85. The summed E-state index contributed by atoms with van der Waals surface area (Å²) >= 11 is 5.58. The Balaban J connectivity index is 2.43. The van der Waals surface area contributed by atoms with Gasteiger partial charge in [0.15, 0.2) is 0 Å². The molecule has 0 radical (unpaired) electrons. The molecule has 0 aliphatic rings. The van der Waals surface area contributed by atoms with Gasteiger partial charge in [0.2, 0.25) is 0 Å². The molecule has 0 fully saturated rings. The molecule has 1 aromatic heterocycles. The van der Waals surface area contributed by atoms with Gasteiger partial charge in [-0.15, -0.1) is 0 Å². The lowest BCUT2D eigenvalue weighted by Crippen LogP contribution is -2.39. The molecule has 92 valence electrons. The Morgan fingerprint density at radius 1 is 1.41 bits per heavy atom. The van der Waals surface area contributed by atoms with Crippen molar-refractivity contribution < 1.29 is 9.59 Å². The predicted octanol–water partition coefficient (Wildman–Crippen LogP) is 1.97. The molecule has 1 heterocycles. The molecule has 3 amide bonds. The van der Waals surface area contributed by atoms with Gasteiger partial charge in [-0.3, -0.25) is 10.1 Å². The first kappa shape index (κ1) is 13.4. The highest BCUT2D eigenvalue weighted by atomic mass is 35.5. The molecule has 0 aromatic carbocycles. The van der Waals surface area contributed by atoms with Crippen LogP contribution in [0.5, 0.6) is 0 Å². The van der Waals surface area contributed by atoms with Crippen molar-refractivity contribution in [3.8, 4) is 0 Å². The Hall–Kier alpha value is -1.62. The lowest BCUT2D eigenvalue weighted by molar-refractivity contribution is 0.0963. The highest BCUT2D eigenvalue weighted by Gasteiger charge is 2.09. The van der Waals surface area contributed by atoms with Gasteiger partial charge in [0.1, 0.15) is 5.15 Å². The number of carbonyl (C=O) groups is 2. The van der Waals surface area contributed by atoms with E-state index in [0.29, 0.717) is 17.3 Å². The van der Waals surface area contributed by atoms with Crippen molar-refractivity contribution in [2.24, 2.45) is 0 Å². The van der Waals surface area contributed by atoms with Crippen LogP contribution in [-0.2, 0) is 0 Å². The summed E-state index contributed by atoms with van der Waals surface area (Å²) in [7, 11) is 0. The van der Waals surface area contributed by atoms with Gasteiger partial charge in [-0.2, -0.15) is 0 Å².